The molecule has 1 heterocycles. The highest BCUT2D eigenvalue weighted by molar-refractivity contribution is 5.79. The Kier molecular flexibility index (Phi) is 9.49. The minimum atomic E-state index is -0.624. The Bertz CT molecular complexity index is 1090. The monoisotopic (exact) mass is 540 g/mol. The normalized spacial score (nSPS) is 21.8. The molecular formula is C31H41FN2O5. The molecule has 8 heteroatoms. The lowest BCUT2D eigenvalue weighted by molar-refractivity contribution is -0.145. The Hall–Kier alpha value is -3.13. The van der Waals surface area contributed by atoms with Gasteiger partial charge in [-0.15, -0.1) is 0 Å². The number of amides is 2. The van der Waals surface area contributed by atoms with Crippen molar-refractivity contribution in [3.8, 4) is 5.75 Å². The average Bonchev–Trinajstić information content (AvgIpc) is 2.91. The molecule has 0 bridgehead atoms. The van der Waals surface area contributed by atoms with E-state index in [9.17, 15) is 14.0 Å². The number of carbonyl (C=O) groups is 2. The van der Waals surface area contributed by atoms with Gasteiger partial charge in [0.15, 0.2) is 0 Å². The molecule has 39 heavy (non-hydrogen) atoms. The summed E-state index contributed by atoms with van der Waals surface area (Å²) in [5.74, 6) is 0.554. The molecule has 2 aromatic rings. The predicted molar refractivity (Wildman–Crippen MR) is 147 cm³/mol. The highest BCUT2D eigenvalue weighted by Gasteiger charge is 2.36. The van der Waals surface area contributed by atoms with Crippen LogP contribution in [0, 0.1) is 18.7 Å². The second-order valence-electron chi connectivity index (χ2n) is 11.6. The molecule has 0 spiro atoms. The largest absolute Gasteiger partial charge is 0.491 e. The molecule has 1 saturated carbocycles. The third-order valence-electron chi connectivity index (χ3n) is 7.29. The highest BCUT2D eigenvalue weighted by Crippen LogP contribution is 2.31. The van der Waals surface area contributed by atoms with Crippen molar-refractivity contribution in [1.29, 1.82) is 0 Å². The van der Waals surface area contributed by atoms with Gasteiger partial charge in [0.25, 0.3) is 0 Å². The number of rotatable bonds is 7. The third-order valence-corrected chi connectivity index (χ3v) is 7.29. The minimum absolute atomic E-state index is 0.0469. The highest BCUT2D eigenvalue weighted by atomic mass is 19.1. The van der Waals surface area contributed by atoms with Gasteiger partial charge in [-0.05, 0) is 83.2 Å². The molecule has 0 unspecified atom stereocenters. The molecule has 1 aliphatic heterocycles. The van der Waals surface area contributed by atoms with Gasteiger partial charge >= 0.3 is 6.09 Å². The van der Waals surface area contributed by atoms with Gasteiger partial charge in [-0.1, -0.05) is 29.8 Å². The van der Waals surface area contributed by atoms with Crippen LogP contribution >= 0.6 is 0 Å². The number of hydrogen-bond donors (Lipinski definition) is 0. The smallest absolute Gasteiger partial charge is 0.410 e. The van der Waals surface area contributed by atoms with E-state index in [1.165, 1.54) is 17.7 Å². The topological polar surface area (TPSA) is 68.3 Å². The Balaban J connectivity index is 1.32. The van der Waals surface area contributed by atoms with Crippen LogP contribution in [0.15, 0.2) is 48.5 Å². The Morgan fingerprint density at radius 1 is 1.03 bits per heavy atom. The Morgan fingerprint density at radius 2 is 1.69 bits per heavy atom. The summed E-state index contributed by atoms with van der Waals surface area (Å²) in [5, 5.41) is 0. The van der Waals surface area contributed by atoms with Gasteiger partial charge in [0.05, 0.1) is 13.2 Å². The van der Waals surface area contributed by atoms with Crippen LogP contribution in [0.5, 0.6) is 5.75 Å². The molecular weight excluding hydrogens is 499 g/mol. The number of halogens is 1. The van der Waals surface area contributed by atoms with Crippen molar-refractivity contribution >= 4 is 12.0 Å². The fourth-order valence-corrected chi connectivity index (χ4v) is 5.19. The van der Waals surface area contributed by atoms with Crippen LogP contribution in [0.4, 0.5) is 9.18 Å². The molecule has 4 rings (SSSR count). The van der Waals surface area contributed by atoms with Gasteiger partial charge in [0.1, 0.15) is 29.9 Å². The second kappa shape index (κ2) is 12.8. The average molecular weight is 541 g/mol. The molecule has 1 aliphatic carbocycles. The SMILES string of the molecule is Cc1ccc(OC[C@H]2CN(C(=O)C3CCC(N(Cc4ccc(F)cc4)C(=O)OC(C)(C)C)CC3)CCO2)cc1. The number of morpholine rings is 1. The lowest BCUT2D eigenvalue weighted by Crippen LogP contribution is -2.51. The van der Waals surface area contributed by atoms with Crippen LogP contribution in [0.25, 0.3) is 0 Å². The molecule has 2 amide bonds. The van der Waals surface area contributed by atoms with Crippen LogP contribution in [0.3, 0.4) is 0 Å². The summed E-state index contributed by atoms with van der Waals surface area (Å²) in [6.45, 7) is 9.89. The zero-order valence-corrected chi connectivity index (χ0v) is 23.5. The van der Waals surface area contributed by atoms with Gasteiger partial charge in [-0.25, -0.2) is 9.18 Å². The van der Waals surface area contributed by atoms with Crippen molar-refractivity contribution in [2.45, 2.75) is 77.7 Å². The summed E-state index contributed by atoms with van der Waals surface area (Å²) >= 11 is 0. The van der Waals surface area contributed by atoms with Crippen molar-refractivity contribution in [3.63, 3.8) is 0 Å². The number of benzene rings is 2. The molecule has 1 saturated heterocycles. The first-order chi connectivity index (χ1) is 18.6. The van der Waals surface area contributed by atoms with Crippen LogP contribution in [0.1, 0.15) is 57.6 Å². The lowest BCUT2D eigenvalue weighted by Gasteiger charge is -2.39. The van der Waals surface area contributed by atoms with Gasteiger partial charge in [-0.2, -0.15) is 0 Å². The quantitative estimate of drug-likeness (QED) is 0.448. The summed E-state index contributed by atoms with van der Waals surface area (Å²) in [7, 11) is 0. The second-order valence-corrected chi connectivity index (χ2v) is 11.6. The molecule has 1 atom stereocenters. The zero-order chi connectivity index (χ0) is 28.0. The van der Waals surface area contributed by atoms with Gasteiger partial charge in [-0.3, -0.25) is 4.79 Å². The van der Waals surface area contributed by atoms with Crippen LogP contribution in [0.2, 0.25) is 0 Å². The van der Waals surface area contributed by atoms with E-state index < -0.39 is 5.60 Å². The van der Waals surface area contributed by atoms with Crippen molar-refractivity contribution < 1.29 is 28.2 Å². The summed E-state index contributed by atoms with van der Waals surface area (Å²) in [4.78, 5) is 30.2. The molecule has 2 aromatic carbocycles. The first kappa shape index (κ1) is 28.9. The maximum Gasteiger partial charge on any atom is 0.410 e. The van der Waals surface area contributed by atoms with Crippen molar-refractivity contribution in [1.82, 2.24) is 9.80 Å². The molecule has 7 nitrogen and oxygen atoms in total. The third kappa shape index (κ3) is 8.43. The first-order valence-electron chi connectivity index (χ1n) is 13.9. The van der Waals surface area contributed by atoms with E-state index in [0.29, 0.717) is 58.5 Å². The maximum atomic E-state index is 13.4. The maximum absolute atomic E-state index is 13.4. The van der Waals surface area contributed by atoms with E-state index in [2.05, 4.69) is 0 Å². The fraction of sp³-hybridized carbons (Fsp3) is 0.548. The minimum Gasteiger partial charge on any atom is -0.491 e. The van der Waals surface area contributed by atoms with E-state index in [1.807, 2.05) is 56.9 Å². The summed E-state index contributed by atoms with van der Waals surface area (Å²) in [6.07, 6.45) is 2.27. The van der Waals surface area contributed by atoms with E-state index >= 15 is 0 Å². The number of nitrogens with zero attached hydrogens (tertiary/aromatic N) is 2. The number of ether oxygens (including phenoxy) is 3. The first-order valence-corrected chi connectivity index (χ1v) is 13.9. The molecule has 2 fully saturated rings. The van der Waals surface area contributed by atoms with Crippen LogP contribution < -0.4 is 4.74 Å². The molecule has 0 aromatic heterocycles. The van der Waals surface area contributed by atoms with Gasteiger partial charge in [0.2, 0.25) is 5.91 Å². The van der Waals surface area contributed by atoms with Crippen molar-refractivity contribution in [2.24, 2.45) is 5.92 Å². The van der Waals surface area contributed by atoms with E-state index in [4.69, 9.17) is 14.2 Å². The molecule has 0 radical (unpaired) electrons. The molecule has 0 N–H and O–H groups in total. The lowest BCUT2D eigenvalue weighted by atomic mass is 9.84. The van der Waals surface area contributed by atoms with Gasteiger partial charge in [0, 0.05) is 25.0 Å². The van der Waals surface area contributed by atoms with E-state index in [0.717, 1.165) is 11.3 Å². The van der Waals surface area contributed by atoms with Crippen LogP contribution in [-0.4, -0.2) is 65.9 Å². The Morgan fingerprint density at radius 3 is 2.33 bits per heavy atom. The molecule has 212 valence electrons. The van der Waals surface area contributed by atoms with Crippen molar-refractivity contribution in [3.05, 3.63) is 65.5 Å². The van der Waals surface area contributed by atoms with Crippen molar-refractivity contribution in [2.75, 3.05) is 26.3 Å². The predicted octanol–water partition coefficient (Wildman–Crippen LogP) is 5.74. The Labute approximate surface area is 231 Å². The summed E-state index contributed by atoms with van der Waals surface area (Å²) in [5.41, 5.74) is 1.39. The standard InChI is InChI=1S/C31H41FN2O5/c1-22-5-15-27(16-6-22)38-21-28-20-33(17-18-37-28)29(35)24-9-13-26(14-10-24)34(30(36)39-31(2,3)4)19-23-7-11-25(32)12-8-23/h5-8,11-12,15-16,24,26,28H,9-10,13-14,17-21H2,1-4H3/t24?,26?,28-/m1/s1. The number of carbonyl (C=O) groups excluding carboxylic acids is 2. The number of aryl methyl sites for hydroxylation is 1. The molecule has 2 aliphatic rings. The van der Waals surface area contributed by atoms with Crippen LogP contribution in [-0.2, 0) is 20.8 Å². The van der Waals surface area contributed by atoms with E-state index in [-0.39, 0.29) is 35.9 Å². The number of hydrogen-bond acceptors (Lipinski definition) is 5. The van der Waals surface area contributed by atoms with Gasteiger partial charge < -0.3 is 24.0 Å². The zero-order valence-electron chi connectivity index (χ0n) is 23.5. The fourth-order valence-electron chi connectivity index (χ4n) is 5.19. The van der Waals surface area contributed by atoms with E-state index in [1.54, 1.807) is 17.0 Å². The summed E-state index contributed by atoms with van der Waals surface area (Å²) < 4.78 is 30.9. The summed E-state index contributed by atoms with van der Waals surface area (Å²) in [6, 6.07) is 14.0.